The number of anilines is 2. The Balaban J connectivity index is 1.69. The number of aliphatic hydroxyl groups is 1. The zero-order valence-electron chi connectivity index (χ0n) is 13.9. The summed E-state index contributed by atoms with van der Waals surface area (Å²) in [5, 5.41) is 14.9. The number of nitrogens with one attached hydrogen (secondary N) is 2. The van der Waals surface area contributed by atoms with Crippen molar-refractivity contribution in [3.05, 3.63) is 59.7 Å². The van der Waals surface area contributed by atoms with Crippen LogP contribution in [0.4, 0.5) is 16.2 Å². The van der Waals surface area contributed by atoms with Crippen molar-refractivity contribution in [2.75, 3.05) is 23.8 Å². The smallest absolute Gasteiger partial charge is 0.322 e. The molecule has 6 nitrogen and oxygen atoms in total. The molecular formula is C19H21N3O3. The molecule has 2 aromatic rings. The fourth-order valence-electron chi connectivity index (χ4n) is 2.84. The summed E-state index contributed by atoms with van der Waals surface area (Å²) >= 11 is 0. The van der Waals surface area contributed by atoms with Crippen LogP contribution in [0.15, 0.2) is 48.5 Å². The zero-order chi connectivity index (χ0) is 17.6. The van der Waals surface area contributed by atoms with Crippen LogP contribution in [-0.4, -0.2) is 35.1 Å². The Morgan fingerprint density at radius 2 is 1.96 bits per heavy atom. The highest BCUT2D eigenvalue weighted by atomic mass is 16.3. The molecule has 1 aliphatic rings. The quantitative estimate of drug-likeness (QED) is 0.783. The minimum Gasteiger partial charge on any atom is -0.395 e. The molecule has 0 saturated heterocycles. The summed E-state index contributed by atoms with van der Waals surface area (Å²) in [6.45, 7) is 0.576. The maximum atomic E-state index is 12.6. The molecule has 25 heavy (non-hydrogen) atoms. The lowest BCUT2D eigenvalue weighted by Crippen LogP contribution is -2.36. The van der Waals surface area contributed by atoms with Gasteiger partial charge in [0.1, 0.15) is 0 Å². The number of aliphatic hydroxyl groups excluding tert-OH is 1. The standard InChI is InChI=1S/C19H21N3O3/c23-11-10-22(13-14-4-2-1-3-5-14)19(25)20-16-7-8-17-15(12-16)6-9-18(24)21-17/h1-5,7-8,12,23H,6,9-11,13H2,(H,20,25)(H,21,24). The van der Waals surface area contributed by atoms with Crippen molar-refractivity contribution in [2.24, 2.45) is 0 Å². The number of hydrogen-bond donors (Lipinski definition) is 3. The number of aryl methyl sites for hydroxylation is 1. The fraction of sp³-hybridized carbons (Fsp3) is 0.263. The molecule has 1 heterocycles. The molecule has 0 spiro atoms. The maximum Gasteiger partial charge on any atom is 0.322 e. The summed E-state index contributed by atoms with van der Waals surface area (Å²) in [4.78, 5) is 25.5. The molecule has 0 unspecified atom stereocenters. The number of amides is 3. The number of rotatable bonds is 5. The van der Waals surface area contributed by atoms with Gasteiger partial charge in [-0.05, 0) is 35.7 Å². The topological polar surface area (TPSA) is 81.7 Å². The molecule has 130 valence electrons. The summed E-state index contributed by atoms with van der Waals surface area (Å²) in [6, 6.07) is 14.8. The lowest BCUT2D eigenvalue weighted by Gasteiger charge is -2.23. The van der Waals surface area contributed by atoms with E-state index in [4.69, 9.17) is 0 Å². The highest BCUT2D eigenvalue weighted by Gasteiger charge is 2.17. The van der Waals surface area contributed by atoms with Gasteiger partial charge in [0.05, 0.1) is 6.61 Å². The molecule has 0 bridgehead atoms. The molecule has 1 aliphatic heterocycles. The normalized spacial score (nSPS) is 12.9. The van der Waals surface area contributed by atoms with Crippen molar-refractivity contribution in [2.45, 2.75) is 19.4 Å². The largest absolute Gasteiger partial charge is 0.395 e. The second-order valence-electron chi connectivity index (χ2n) is 5.98. The third kappa shape index (κ3) is 4.36. The molecule has 0 atom stereocenters. The van der Waals surface area contributed by atoms with E-state index in [1.807, 2.05) is 36.4 Å². The number of benzene rings is 2. The molecule has 3 amide bonds. The average molecular weight is 339 g/mol. The van der Waals surface area contributed by atoms with Crippen LogP contribution in [0.2, 0.25) is 0 Å². The van der Waals surface area contributed by atoms with Gasteiger partial charge in [0.15, 0.2) is 0 Å². The second-order valence-corrected chi connectivity index (χ2v) is 5.98. The summed E-state index contributed by atoms with van der Waals surface area (Å²) in [7, 11) is 0. The molecule has 3 N–H and O–H groups in total. The van der Waals surface area contributed by atoms with Crippen molar-refractivity contribution in [3.63, 3.8) is 0 Å². The van der Waals surface area contributed by atoms with E-state index >= 15 is 0 Å². The summed E-state index contributed by atoms with van der Waals surface area (Å²) in [6.07, 6.45) is 1.12. The zero-order valence-corrected chi connectivity index (χ0v) is 13.9. The van der Waals surface area contributed by atoms with Crippen LogP contribution in [0.3, 0.4) is 0 Å². The Morgan fingerprint density at radius 1 is 1.16 bits per heavy atom. The summed E-state index contributed by atoms with van der Waals surface area (Å²) in [5.74, 6) is 0.0151. The Labute approximate surface area is 146 Å². The second kappa shape index (κ2) is 7.81. The molecule has 3 rings (SSSR count). The van der Waals surface area contributed by atoms with Gasteiger partial charge in [-0.2, -0.15) is 0 Å². The average Bonchev–Trinajstić information content (AvgIpc) is 2.62. The molecule has 0 aromatic heterocycles. The van der Waals surface area contributed by atoms with E-state index < -0.39 is 0 Å². The van der Waals surface area contributed by atoms with Gasteiger partial charge < -0.3 is 20.6 Å². The van der Waals surface area contributed by atoms with Gasteiger partial charge in [0.25, 0.3) is 0 Å². The van der Waals surface area contributed by atoms with Crippen LogP contribution in [0.5, 0.6) is 0 Å². The molecule has 0 radical (unpaired) electrons. The van der Waals surface area contributed by atoms with Crippen LogP contribution >= 0.6 is 0 Å². The van der Waals surface area contributed by atoms with E-state index in [0.717, 1.165) is 16.8 Å². The Kier molecular flexibility index (Phi) is 5.30. The van der Waals surface area contributed by atoms with Crippen LogP contribution in [0.1, 0.15) is 17.5 Å². The third-order valence-electron chi connectivity index (χ3n) is 4.13. The first-order valence-corrected chi connectivity index (χ1v) is 8.29. The predicted octanol–water partition coefficient (Wildman–Crippen LogP) is 2.60. The Bertz CT molecular complexity index is 762. The van der Waals surface area contributed by atoms with E-state index in [-0.39, 0.29) is 25.1 Å². The number of fused-ring (bicyclic) bond motifs is 1. The summed E-state index contributed by atoms with van der Waals surface area (Å²) in [5.41, 5.74) is 3.48. The minimum absolute atomic E-state index is 0.0151. The van der Waals surface area contributed by atoms with Crippen LogP contribution in [-0.2, 0) is 17.8 Å². The third-order valence-corrected chi connectivity index (χ3v) is 4.13. The van der Waals surface area contributed by atoms with E-state index in [9.17, 15) is 14.7 Å². The number of nitrogens with zero attached hydrogens (tertiary/aromatic N) is 1. The molecule has 6 heteroatoms. The molecule has 0 aliphatic carbocycles. The first-order valence-electron chi connectivity index (χ1n) is 8.29. The van der Waals surface area contributed by atoms with Crippen LogP contribution in [0.25, 0.3) is 0 Å². The van der Waals surface area contributed by atoms with Gasteiger partial charge in [0.2, 0.25) is 5.91 Å². The van der Waals surface area contributed by atoms with E-state index in [2.05, 4.69) is 10.6 Å². The fourth-order valence-corrected chi connectivity index (χ4v) is 2.84. The molecule has 0 fully saturated rings. The van der Waals surface area contributed by atoms with Gasteiger partial charge in [-0.3, -0.25) is 4.79 Å². The number of carbonyl (C=O) groups excluding carboxylic acids is 2. The number of carbonyl (C=O) groups is 2. The molecule has 2 aromatic carbocycles. The van der Waals surface area contributed by atoms with E-state index in [0.29, 0.717) is 25.1 Å². The van der Waals surface area contributed by atoms with Gasteiger partial charge >= 0.3 is 6.03 Å². The SMILES string of the molecule is O=C1CCc2cc(NC(=O)N(CCO)Cc3ccccc3)ccc2N1. The number of urea groups is 1. The lowest BCUT2D eigenvalue weighted by atomic mass is 10.0. The van der Waals surface area contributed by atoms with Crippen molar-refractivity contribution < 1.29 is 14.7 Å². The van der Waals surface area contributed by atoms with Crippen molar-refractivity contribution in [1.29, 1.82) is 0 Å². The predicted molar refractivity (Wildman–Crippen MR) is 96.3 cm³/mol. The first kappa shape index (κ1) is 17.0. The Morgan fingerprint density at radius 3 is 2.72 bits per heavy atom. The van der Waals surface area contributed by atoms with Crippen molar-refractivity contribution >= 4 is 23.3 Å². The lowest BCUT2D eigenvalue weighted by molar-refractivity contribution is -0.116. The maximum absolute atomic E-state index is 12.6. The van der Waals surface area contributed by atoms with Crippen molar-refractivity contribution in [1.82, 2.24) is 4.90 Å². The van der Waals surface area contributed by atoms with Crippen LogP contribution < -0.4 is 10.6 Å². The summed E-state index contributed by atoms with van der Waals surface area (Å²) < 4.78 is 0. The van der Waals surface area contributed by atoms with Crippen LogP contribution in [0, 0.1) is 0 Å². The van der Waals surface area contributed by atoms with Gasteiger partial charge in [-0.15, -0.1) is 0 Å². The van der Waals surface area contributed by atoms with E-state index in [1.165, 1.54) is 0 Å². The van der Waals surface area contributed by atoms with E-state index in [1.54, 1.807) is 17.0 Å². The Hall–Kier alpha value is -2.86. The first-order chi connectivity index (χ1) is 12.2. The van der Waals surface area contributed by atoms with Crippen molar-refractivity contribution in [3.8, 4) is 0 Å². The molecule has 0 saturated carbocycles. The van der Waals surface area contributed by atoms with Gasteiger partial charge in [-0.1, -0.05) is 30.3 Å². The monoisotopic (exact) mass is 339 g/mol. The van der Waals surface area contributed by atoms with Gasteiger partial charge in [0, 0.05) is 30.9 Å². The minimum atomic E-state index is -0.266. The number of hydrogen-bond acceptors (Lipinski definition) is 3. The molecular weight excluding hydrogens is 318 g/mol. The highest BCUT2D eigenvalue weighted by molar-refractivity contribution is 5.95. The van der Waals surface area contributed by atoms with Gasteiger partial charge in [-0.25, -0.2) is 4.79 Å². The highest BCUT2D eigenvalue weighted by Crippen LogP contribution is 2.25.